The van der Waals surface area contributed by atoms with E-state index in [1.807, 2.05) is 0 Å². The van der Waals surface area contributed by atoms with Gasteiger partial charge in [-0.05, 0) is 49.2 Å². The summed E-state index contributed by atoms with van der Waals surface area (Å²) < 4.78 is 33.2. The number of halogens is 2. The summed E-state index contributed by atoms with van der Waals surface area (Å²) in [5.41, 5.74) is 0.541. The van der Waals surface area contributed by atoms with Crippen molar-refractivity contribution in [3.63, 3.8) is 0 Å². The molecule has 2 N–H and O–H groups in total. The molecule has 28 heavy (non-hydrogen) atoms. The van der Waals surface area contributed by atoms with Crippen LogP contribution in [-0.4, -0.2) is 27.5 Å². The monoisotopic (exact) mass is 442 g/mol. The second kappa shape index (κ2) is 8.69. The van der Waals surface area contributed by atoms with E-state index in [9.17, 15) is 13.2 Å². The average molecular weight is 443 g/mol. The normalized spacial score (nSPS) is 14.8. The van der Waals surface area contributed by atoms with Crippen molar-refractivity contribution in [3.8, 4) is 5.75 Å². The van der Waals surface area contributed by atoms with Crippen molar-refractivity contribution in [2.45, 2.75) is 36.6 Å². The number of anilines is 1. The Labute approximate surface area is 174 Å². The van der Waals surface area contributed by atoms with Crippen LogP contribution in [0.4, 0.5) is 5.69 Å². The Kier molecular flexibility index (Phi) is 6.50. The molecule has 2 aromatic carbocycles. The van der Waals surface area contributed by atoms with E-state index in [1.165, 1.54) is 12.1 Å². The predicted molar refractivity (Wildman–Crippen MR) is 110 cm³/mol. The van der Waals surface area contributed by atoms with Crippen LogP contribution < -0.4 is 14.8 Å². The van der Waals surface area contributed by atoms with Crippen molar-refractivity contribution in [3.05, 3.63) is 52.0 Å². The van der Waals surface area contributed by atoms with E-state index in [2.05, 4.69) is 10.0 Å². The first kappa shape index (κ1) is 20.9. The quantitative estimate of drug-likeness (QED) is 0.690. The van der Waals surface area contributed by atoms with Gasteiger partial charge in [0.05, 0.1) is 22.7 Å². The predicted octanol–water partition coefficient (Wildman–Crippen LogP) is 4.48. The number of hydrogen-bond donors (Lipinski definition) is 2. The number of benzene rings is 2. The van der Waals surface area contributed by atoms with Gasteiger partial charge in [0, 0.05) is 11.7 Å². The molecule has 0 aliphatic heterocycles. The van der Waals surface area contributed by atoms with Crippen molar-refractivity contribution in [2.75, 3.05) is 12.4 Å². The lowest BCUT2D eigenvalue weighted by Crippen LogP contribution is -2.33. The highest BCUT2D eigenvalue weighted by Crippen LogP contribution is 2.30. The number of amides is 1. The van der Waals surface area contributed by atoms with Crippen LogP contribution in [0.3, 0.4) is 0 Å². The number of nitrogens with one attached hydrogen (secondary N) is 2. The lowest BCUT2D eigenvalue weighted by atomic mass is 10.2. The third kappa shape index (κ3) is 4.78. The molecule has 2 aromatic rings. The fraction of sp³-hybridized carbons (Fsp3) is 0.316. The fourth-order valence-electron chi connectivity index (χ4n) is 3.11. The lowest BCUT2D eigenvalue weighted by molar-refractivity contribution is 0.102. The van der Waals surface area contributed by atoms with E-state index in [0.717, 1.165) is 25.7 Å². The number of methoxy groups -OCH3 is 1. The van der Waals surface area contributed by atoms with Gasteiger partial charge in [-0.2, -0.15) is 0 Å². The summed E-state index contributed by atoms with van der Waals surface area (Å²) in [6.45, 7) is 0. The van der Waals surface area contributed by atoms with Crippen LogP contribution in [0.1, 0.15) is 36.0 Å². The van der Waals surface area contributed by atoms with E-state index in [-0.39, 0.29) is 26.5 Å². The van der Waals surface area contributed by atoms with Crippen molar-refractivity contribution in [1.82, 2.24) is 4.72 Å². The molecule has 1 aliphatic carbocycles. The topological polar surface area (TPSA) is 84.5 Å². The highest BCUT2D eigenvalue weighted by atomic mass is 35.5. The number of carbonyl (C=O) groups excluding carboxylic acids is 1. The van der Waals surface area contributed by atoms with Gasteiger partial charge in [0.2, 0.25) is 10.0 Å². The zero-order chi connectivity index (χ0) is 20.3. The largest absolute Gasteiger partial charge is 0.497 e. The molecule has 1 aliphatic rings. The van der Waals surface area contributed by atoms with E-state index in [1.54, 1.807) is 31.4 Å². The first-order chi connectivity index (χ1) is 13.3. The van der Waals surface area contributed by atoms with Gasteiger partial charge in [-0.25, -0.2) is 13.1 Å². The van der Waals surface area contributed by atoms with Crippen molar-refractivity contribution < 1.29 is 17.9 Å². The minimum atomic E-state index is -3.87. The van der Waals surface area contributed by atoms with E-state index < -0.39 is 15.9 Å². The summed E-state index contributed by atoms with van der Waals surface area (Å²) in [6, 6.07) is 9.09. The Bertz CT molecular complexity index is 972. The Morgan fingerprint density at radius 1 is 1.07 bits per heavy atom. The first-order valence-electron chi connectivity index (χ1n) is 8.77. The third-order valence-corrected chi connectivity index (χ3v) is 6.88. The molecule has 0 bridgehead atoms. The van der Waals surface area contributed by atoms with Crippen LogP contribution in [0.25, 0.3) is 0 Å². The second-order valence-corrected chi connectivity index (χ2v) is 9.04. The van der Waals surface area contributed by atoms with Gasteiger partial charge in [0.1, 0.15) is 10.6 Å². The molecule has 0 unspecified atom stereocenters. The zero-order valence-electron chi connectivity index (χ0n) is 15.2. The van der Waals surface area contributed by atoms with E-state index >= 15 is 0 Å². The minimum absolute atomic E-state index is 0.0219. The molecule has 1 fully saturated rings. The molecule has 1 saturated carbocycles. The molecule has 0 radical (unpaired) electrons. The number of ether oxygens (including phenoxy) is 1. The van der Waals surface area contributed by atoms with Crippen LogP contribution in [-0.2, 0) is 10.0 Å². The molecule has 1 amide bonds. The lowest BCUT2D eigenvalue weighted by Gasteiger charge is -2.15. The molecule has 6 nitrogen and oxygen atoms in total. The Morgan fingerprint density at radius 3 is 2.32 bits per heavy atom. The number of carbonyl (C=O) groups is 1. The van der Waals surface area contributed by atoms with Crippen molar-refractivity contribution in [2.24, 2.45) is 0 Å². The van der Waals surface area contributed by atoms with Gasteiger partial charge in [-0.3, -0.25) is 4.79 Å². The Morgan fingerprint density at radius 2 is 1.71 bits per heavy atom. The van der Waals surface area contributed by atoms with Crippen LogP contribution in [0.5, 0.6) is 5.75 Å². The van der Waals surface area contributed by atoms with E-state index in [0.29, 0.717) is 11.4 Å². The standard InChI is InChI=1S/C19H20Cl2N2O4S/c1-27-14-8-6-12(7-9-14)22-19(24)15-10-18(17(21)11-16(15)20)28(25,26)23-13-4-2-3-5-13/h6-11,13,23H,2-5H2,1H3,(H,22,24). The Hall–Kier alpha value is -1.80. The fourth-order valence-corrected chi connectivity index (χ4v) is 5.27. The van der Waals surface area contributed by atoms with E-state index in [4.69, 9.17) is 27.9 Å². The highest BCUT2D eigenvalue weighted by Gasteiger charge is 2.27. The van der Waals surface area contributed by atoms with Crippen LogP contribution in [0.15, 0.2) is 41.3 Å². The summed E-state index contributed by atoms with van der Waals surface area (Å²) >= 11 is 12.3. The molecule has 0 saturated heterocycles. The average Bonchev–Trinajstić information content (AvgIpc) is 3.14. The van der Waals surface area contributed by atoms with Crippen molar-refractivity contribution in [1.29, 1.82) is 0 Å². The molecular weight excluding hydrogens is 423 g/mol. The number of rotatable bonds is 6. The smallest absolute Gasteiger partial charge is 0.257 e. The maximum atomic E-state index is 12.7. The van der Waals surface area contributed by atoms with Gasteiger partial charge in [0.25, 0.3) is 5.91 Å². The summed E-state index contributed by atoms with van der Waals surface area (Å²) in [5, 5.41) is 2.72. The summed E-state index contributed by atoms with van der Waals surface area (Å²) in [4.78, 5) is 12.5. The zero-order valence-corrected chi connectivity index (χ0v) is 17.5. The van der Waals surface area contributed by atoms with Crippen LogP contribution in [0, 0.1) is 0 Å². The molecular formula is C19H20Cl2N2O4S. The molecule has 150 valence electrons. The summed E-state index contributed by atoms with van der Waals surface area (Å²) in [7, 11) is -2.32. The third-order valence-electron chi connectivity index (χ3n) is 4.58. The highest BCUT2D eigenvalue weighted by molar-refractivity contribution is 7.89. The molecule has 3 rings (SSSR count). The molecule has 0 spiro atoms. The van der Waals surface area contributed by atoms with Gasteiger partial charge in [-0.1, -0.05) is 36.0 Å². The SMILES string of the molecule is COc1ccc(NC(=O)c2cc(S(=O)(=O)NC3CCCC3)c(Cl)cc2Cl)cc1. The first-order valence-corrected chi connectivity index (χ1v) is 11.0. The van der Waals surface area contributed by atoms with Crippen molar-refractivity contribution >= 4 is 44.8 Å². The van der Waals surface area contributed by atoms with Crippen LogP contribution in [0.2, 0.25) is 10.0 Å². The molecule has 0 heterocycles. The summed E-state index contributed by atoms with van der Waals surface area (Å²) in [5.74, 6) is 0.109. The van der Waals surface area contributed by atoms with Gasteiger partial charge < -0.3 is 10.1 Å². The summed E-state index contributed by atoms with van der Waals surface area (Å²) in [6.07, 6.45) is 3.54. The maximum Gasteiger partial charge on any atom is 0.257 e. The van der Waals surface area contributed by atoms with Crippen LogP contribution >= 0.6 is 23.2 Å². The second-order valence-electron chi connectivity index (χ2n) is 6.55. The Balaban J connectivity index is 1.86. The van der Waals surface area contributed by atoms with Gasteiger partial charge >= 0.3 is 0 Å². The molecule has 9 heteroatoms. The number of sulfonamides is 1. The minimum Gasteiger partial charge on any atom is -0.497 e. The molecule has 0 aromatic heterocycles. The molecule has 0 atom stereocenters. The van der Waals surface area contributed by atoms with Gasteiger partial charge in [0.15, 0.2) is 0 Å². The van der Waals surface area contributed by atoms with Gasteiger partial charge in [-0.15, -0.1) is 0 Å². The number of hydrogen-bond acceptors (Lipinski definition) is 4. The maximum absolute atomic E-state index is 12.7.